The number of aliphatic carboxylic acids is 1. The average Bonchev–Trinajstić information content (AvgIpc) is 2.60. The van der Waals surface area contributed by atoms with E-state index >= 15 is 0 Å². The van der Waals surface area contributed by atoms with Crippen LogP contribution in [0.3, 0.4) is 0 Å². The maximum absolute atomic E-state index is 13.0. The lowest BCUT2D eigenvalue weighted by Crippen LogP contribution is -2.35. The van der Waals surface area contributed by atoms with Gasteiger partial charge in [-0.3, -0.25) is 9.59 Å². The second-order valence-corrected chi connectivity index (χ2v) is 5.99. The molecule has 0 bridgehead atoms. The fourth-order valence-corrected chi connectivity index (χ4v) is 2.46. The van der Waals surface area contributed by atoms with E-state index in [9.17, 15) is 27.2 Å². The summed E-state index contributed by atoms with van der Waals surface area (Å²) in [5.74, 6) is -2.25. The zero-order valence-electron chi connectivity index (χ0n) is 14.2. The molecule has 2 aromatic rings. The van der Waals surface area contributed by atoms with Crippen LogP contribution in [-0.4, -0.2) is 34.6 Å². The van der Waals surface area contributed by atoms with Crippen molar-refractivity contribution in [3.8, 4) is 0 Å². The summed E-state index contributed by atoms with van der Waals surface area (Å²) in [5.41, 5.74) is 1.13. The van der Waals surface area contributed by atoms with Crippen LogP contribution >= 0.6 is 0 Å². The van der Waals surface area contributed by atoms with Crippen LogP contribution in [0.5, 0.6) is 0 Å². The van der Waals surface area contributed by atoms with Crippen LogP contribution in [0.1, 0.15) is 27.9 Å². The molecule has 0 radical (unpaired) electrons. The van der Waals surface area contributed by atoms with Crippen molar-refractivity contribution in [1.29, 1.82) is 0 Å². The predicted octanol–water partition coefficient (Wildman–Crippen LogP) is 4.05. The fourth-order valence-electron chi connectivity index (χ4n) is 2.46. The van der Waals surface area contributed by atoms with Gasteiger partial charge in [0.05, 0.1) is 0 Å². The Morgan fingerprint density at radius 3 is 2.00 bits per heavy atom. The van der Waals surface area contributed by atoms with Crippen LogP contribution in [0, 0.1) is 5.82 Å². The first-order valence-electron chi connectivity index (χ1n) is 8.05. The minimum absolute atomic E-state index is 0.0404. The number of aryl methyl sites for hydroxylation is 1. The zero-order chi connectivity index (χ0) is 20.0. The second kappa shape index (κ2) is 8.66. The number of carboxylic acid groups (broad SMARTS) is 1. The molecule has 1 N–H and O–H groups in total. The van der Waals surface area contributed by atoms with E-state index in [0.29, 0.717) is 11.1 Å². The molecule has 144 valence electrons. The van der Waals surface area contributed by atoms with Gasteiger partial charge in [0, 0.05) is 18.5 Å². The van der Waals surface area contributed by atoms with Gasteiger partial charge in [0.1, 0.15) is 12.4 Å². The first-order chi connectivity index (χ1) is 12.6. The summed E-state index contributed by atoms with van der Waals surface area (Å²) in [6.45, 7) is -0.604. The van der Waals surface area contributed by atoms with Gasteiger partial charge >= 0.3 is 12.1 Å². The van der Waals surface area contributed by atoms with E-state index < -0.39 is 36.8 Å². The van der Waals surface area contributed by atoms with E-state index in [0.717, 1.165) is 4.90 Å². The number of carbonyl (C=O) groups excluding carboxylic acids is 1. The molecule has 0 aliphatic rings. The summed E-state index contributed by atoms with van der Waals surface area (Å²) >= 11 is 0. The second-order valence-electron chi connectivity index (χ2n) is 5.99. The first kappa shape index (κ1) is 20.4. The minimum Gasteiger partial charge on any atom is -0.480 e. The molecule has 0 saturated carbocycles. The van der Waals surface area contributed by atoms with Gasteiger partial charge in [0.15, 0.2) is 0 Å². The van der Waals surface area contributed by atoms with Crippen LogP contribution < -0.4 is 0 Å². The molecule has 0 saturated heterocycles. The first-order valence-corrected chi connectivity index (χ1v) is 8.05. The molecule has 8 heteroatoms. The molecule has 0 heterocycles. The largest absolute Gasteiger partial charge is 0.480 e. The number of halogens is 4. The van der Waals surface area contributed by atoms with Crippen molar-refractivity contribution in [2.45, 2.75) is 25.6 Å². The number of rotatable bonds is 7. The normalized spacial score (nSPS) is 11.3. The van der Waals surface area contributed by atoms with Gasteiger partial charge in [-0.25, -0.2) is 4.39 Å². The number of nitrogens with zero attached hydrogens (tertiary/aromatic N) is 1. The Balaban J connectivity index is 2.11. The van der Waals surface area contributed by atoms with E-state index in [-0.39, 0.29) is 18.5 Å². The quantitative estimate of drug-likeness (QED) is 0.734. The molecule has 0 aromatic heterocycles. The van der Waals surface area contributed by atoms with Crippen LogP contribution in [0.25, 0.3) is 0 Å². The van der Waals surface area contributed by atoms with E-state index in [2.05, 4.69) is 0 Å². The maximum atomic E-state index is 13.0. The highest BCUT2D eigenvalue weighted by molar-refractivity contribution is 5.95. The number of amides is 1. The van der Waals surface area contributed by atoms with Crippen LogP contribution in [0.2, 0.25) is 0 Å². The summed E-state index contributed by atoms with van der Waals surface area (Å²) in [6, 6.07) is 10.9. The monoisotopic (exact) mass is 383 g/mol. The van der Waals surface area contributed by atoms with Crippen molar-refractivity contribution in [3.05, 3.63) is 71.0 Å². The Labute approximate surface area is 153 Å². The molecule has 2 rings (SSSR count). The molecule has 2 aromatic carbocycles. The Hall–Kier alpha value is -2.90. The number of hydrogen-bond acceptors (Lipinski definition) is 2. The van der Waals surface area contributed by atoms with E-state index in [4.69, 9.17) is 5.11 Å². The van der Waals surface area contributed by atoms with Gasteiger partial charge in [0.25, 0.3) is 5.91 Å². The number of hydrogen-bond donors (Lipinski definition) is 1. The Morgan fingerprint density at radius 2 is 1.48 bits per heavy atom. The molecule has 1 amide bonds. The summed E-state index contributed by atoms with van der Waals surface area (Å²) < 4.78 is 49.8. The van der Waals surface area contributed by atoms with Crippen molar-refractivity contribution in [3.63, 3.8) is 0 Å². The highest BCUT2D eigenvalue weighted by atomic mass is 19.4. The smallest absolute Gasteiger partial charge is 0.389 e. The molecule has 4 nitrogen and oxygen atoms in total. The van der Waals surface area contributed by atoms with Crippen molar-refractivity contribution >= 4 is 11.9 Å². The van der Waals surface area contributed by atoms with Crippen LogP contribution in [-0.2, 0) is 17.8 Å². The zero-order valence-corrected chi connectivity index (χ0v) is 14.2. The summed E-state index contributed by atoms with van der Waals surface area (Å²) in [4.78, 5) is 24.7. The van der Waals surface area contributed by atoms with Crippen molar-refractivity contribution < 1.29 is 32.3 Å². The summed E-state index contributed by atoms with van der Waals surface area (Å²) in [5, 5.41) is 9.03. The standard InChI is InChI=1S/C19H17F4NO3/c20-16-7-3-14(4-8-16)11-24(12-17(25)26)18(27)15-5-1-13(2-6-15)9-10-19(21,22)23/h1-8H,9-12H2,(H,25,26). The molecule has 0 aliphatic heterocycles. The third kappa shape index (κ3) is 6.73. The van der Waals surface area contributed by atoms with E-state index in [1.165, 1.54) is 48.5 Å². The average molecular weight is 383 g/mol. The van der Waals surface area contributed by atoms with Gasteiger partial charge < -0.3 is 10.0 Å². The van der Waals surface area contributed by atoms with Gasteiger partial charge in [-0.2, -0.15) is 13.2 Å². The topological polar surface area (TPSA) is 57.6 Å². The minimum atomic E-state index is -4.26. The SMILES string of the molecule is O=C(O)CN(Cc1ccc(F)cc1)C(=O)c1ccc(CCC(F)(F)F)cc1. The predicted molar refractivity (Wildman–Crippen MR) is 89.6 cm³/mol. The molecular formula is C19H17F4NO3. The van der Waals surface area contributed by atoms with Crippen molar-refractivity contribution in [1.82, 2.24) is 4.90 Å². The Kier molecular flexibility index (Phi) is 6.55. The molecule has 0 fully saturated rings. The lowest BCUT2D eigenvalue weighted by molar-refractivity contribution is -0.138. The Morgan fingerprint density at radius 1 is 0.926 bits per heavy atom. The molecule has 27 heavy (non-hydrogen) atoms. The van der Waals surface area contributed by atoms with Crippen LogP contribution in [0.15, 0.2) is 48.5 Å². The number of alkyl halides is 3. The highest BCUT2D eigenvalue weighted by Gasteiger charge is 2.26. The molecule has 0 unspecified atom stereocenters. The van der Waals surface area contributed by atoms with E-state index in [1.807, 2.05) is 0 Å². The van der Waals surface area contributed by atoms with Gasteiger partial charge in [-0.1, -0.05) is 24.3 Å². The molecular weight excluding hydrogens is 366 g/mol. The van der Waals surface area contributed by atoms with Crippen LogP contribution in [0.4, 0.5) is 17.6 Å². The van der Waals surface area contributed by atoms with Gasteiger partial charge in [-0.05, 0) is 41.8 Å². The fraction of sp³-hybridized carbons (Fsp3) is 0.263. The number of benzene rings is 2. The lowest BCUT2D eigenvalue weighted by atomic mass is 10.1. The van der Waals surface area contributed by atoms with Gasteiger partial charge in [-0.15, -0.1) is 0 Å². The third-order valence-electron chi connectivity index (χ3n) is 3.80. The van der Waals surface area contributed by atoms with Crippen molar-refractivity contribution in [2.24, 2.45) is 0 Å². The molecule has 0 aliphatic carbocycles. The summed E-state index contributed by atoms with van der Waals surface area (Å²) in [7, 11) is 0. The maximum Gasteiger partial charge on any atom is 0.389 e. The lowest BCUT2D eigenvalue weighted by Gasteiger charge is -2.21. The third-order valence-corrected chi connectivity index (χ3v) is 3.80. The molecule has 0 spiro atoms. The van der Waals surface area contributed by atoms with Crippen molar-refractivity contribution in [2.75, 3.05) is 6.54 Å². The van der Waals surface area contributed by atoms with E-state index in [1.54, 1.807) is 0 Å². The van der Waals surface area contributed by atoms with Gasteiger partial charge in [0.2, 0.25) is 0 Å². The number of carboxylic acids is 1. The highest BCUT2D eigenvalue weighted by Crippen LogP contribution is 2.22. The summed E-state index contributed by atoms with van der Waals surface area (Å²) in [6.07, 6.45) is -5.43. The number of carbonyl (C=O) groups is 2. The Bertz CT molecular complexity index is 786. The molecule has 0 atom stereocenters.